The Morgan fingerprint density at radius 3 is 2.48 bits per heavy atom. The number of benzene rings is 3. The molecule has 5 nitrogen and oxygen atoms in total. The molecule has 1 saturated heterocycles. The highest BCUT2D eigenvalue weighted by Crippen LogP contribution is 2.37. The van der Waals surface area contributed by atoms with Crippen molar-refractivity contribution in [2.24, 2.45) is 0 Å². The molecule has 1 atom stereocenters. The Morgan fingerprint density at radius 2 is 1.76 bits per heavy atom. The number of hydrogen-bond acceptors (Lipinski definition) is 3. The number of nitrogens with one attached hydrogen (secondary N) is 1. The molecule has 2 aliphatic rings. The molecule has 1 fully saturated rings. The van der Waals surface area contributed by atoms with Gasteiger partial charge in [0.2, 0.25) is 11.8 Å². The monoisotopic (exact) mass is 462 g/mol. The maximum Gasteiger partial charge on any atom is 0.254 e. The fourth-order valence-electron chi connectivity index (χ4n) is 4.70. The van der Waals surface area contributed by atoms with Crippen LogP contribution in [0.2, 0.25) is 5.02 Å². The molecule has 0 spiro atoms. The summed E-state index contributed by atoms with van der Waals surface area (Å²) < 4.78 is 13.7. The summed E-state index contributed by atoms with van der Waals surface area (Å²) >= 11 is 6.11. The summed E-state index contributed by atoms with van der Waals surface area (Å²) in [6.07, 6.45) is 0.452. The van der Waals surface area contributed by atoms with E-state index < -0.39 is 17.1 Å². The molecule has 2 aliphatic heterocycles. The summed E-state index contributed by atoms with van der Waals surface area (Å²) in [6, 6.07) is 19.2. The SMILES string of the molecule is O=C1CC[C@@](CN2Cc3ccc(F)cc3C2=O)(c2ccc(-c3cccc(Cl)c3)cc2)C(=O)N1. The first-order chi connectivity index (χ1) is 15.9. The maximum absolute atomic E-state index is 13.7. The lowest BCUT2D eigenvalue weighted by Crippen LogP contribution is -2.56. The van der Waals surface area contributed by atoms with E-state index in [0.717, 1.165) is 16.7 Å². The topological polar surface area (TPSA) is 66.5 Å². The lowest BCUT2D eigenvalue weighted by molar-refractivity contribution is -0.138. The molecule has 0 unspecified atom stereocenters. The van der Waals surface area contributed by atoms with E-state index in [1.165, 1.54) is 12.1 Å². The van der Waals surface area contributed by atoms with Gasteiger partial charge in [-0.3, -0.25) is 19.7 Å². The van der Waals surface area contributed by atoms with Crippen LogP contribution in [0.4, 0.5) is 4.39 Å². The van der Waals surface area contributed by atoms with Crippen molar-refractivity contribution in [3.63, 3.8) is 0 Å². The average molecular weight is 463 g/mol. The molecule has 0 radical (unpaired) electrons. The Hall–Kier alpha value is -3.51. The van der Waals surface area contributed by atoms with Crippen molar-refractivity contribution in [1.29, 1.82) is 0 Å². The minimum atomic E-state index is -1.09. The fourth-order valence-corrected chi connectivity index (χ4v) is 4.89. The number of fused-ring (bicyclic) bond motifs is 1. The molecule has 3 aromatic rings. The average Bonchev–Trinajstić information content (AvgIpc) is 3.10. The first-order valence-electron chi connectivity index (χ1n) is 10.6. The van der Waals surface area contributed by atoms with Gasteiger partial charge in [0.25, 0.3) is 5.91 Å². The number of carbonyl (C=O) groups excluding carboxylic acids is 3. The smallest absolute Gasteiger partial charge is 0.254 e. The molecule has 3 amide bonds. The van der Waals surface area contributed by atoms with Gasteiger partial charge in [0, 0.05) is 30.1 Å². The second-order valence-electron chi connectivity index (χ2n) is 8.51. The molecule has 33 heavy (non-hydrogen) atoms. The summed E-state index contributed by atoms with van der Waals surface area (Å²) in [5.41, 5.74) is 2.54. The largest absolute Gasteiger partial charge is 0.333 e. The van der Waals surface area contributed by atoms with E-state index >= 15 is 0 Å². The van der Waals surface area contributed by atoms with Gasteiger partial charge in [-0.25, -0.2) is 4.39 Å². The standard InChI is InChI=1S/C26H20ClFN2O3/c27-20-3-1-2-17(12-20)16-4-7-19(8-5-16)26(11-10-23(31)29-25(26)33)15-30-14-18-6-9-21(28)13-22(18)24(30)32/h1-9,12-13H,10-11,14-15H2,(H,29,31,33)/t26-/m1/s1. The molecule has 7 heteroatoms. The second-order valence-corrected chi connectivity index (χ2v) is 8.95. The van der Waals surface area contributed by atoms with E-state index in [0.29, 0.717) is 16.1 Å². The predicted octanol–water partition coefficient (Wildman–Crippen LogP) is 4.48. The third kappa shape index (κ3) is 3.80. The van der Waals surface area contributed by atoms with Crippen LogP contribution in [0.25, 0.3) is 11.1 Å². The number of nitrogens with zero attached hydrogens (tertiary/aromatic N) is 1. The van der Waals surface area contributed by atoms with Gasteiger partial charge in [0.1, 0.15) is 5.82 Å². The molecule has 0 aliphatic carbocycles. The third-order valence-electron chi connectivity index (χ3n) is 6.47. The zero-order valence-electron chi connectivity index (χ0n) is 17.6. The Labute approximate surface area is 195 Å². The maximum atomic E-state index is 13.7. The summed E-state index contributed by atoms with van der Waals surface area (Å²) in [7, 11) is 0. The zero-order chi connectivity index (χ0) is 23.2. The highest BCUT2D eigenvalue weighted by atomic mass is 35.5. The van der Waals surface area contributed by atoms with E-state index in [9.17, 15) is 18.8 Å². The van der Waals surface area contributed by atoms with E-state index in [4.69, 9.17) is 11.6 Å². The Bertz CT molecular complexity index is 1290. The van der Waals surface area contributed by atoms with Gasteiger partial charge < -0.3 is 4.90 Å². The summed E-state index contributed by atoms with van der Waals surface area (Å²) in [4.78, 5) is 39.7. The molecule has 2 heterocycles. The van der Waals surface area contributed by atoms with Gasteiger partial charge in [-0.15, -0.1) is 0 Å². The highest BCUT2D eigenvalue weighted by molar-refractivity contribution is 6.30. The quantitative estimate of drug-likeness (QED) is 0.581. The molecule has 5 rings (SSSR count). The van der Waals surface area contributed by atoms with Crippen molar-refractivity contribution in [3.05, 3.63) is 94.3 Å². The van der Waals surface area contributed by atoms with Gasteiger partial charge >= 0.3 is 0 Å². The fraction of sp³-hybridized carbons (Fsp3) is 0.192. The van der Waals surface area contributed by atoms with Crippen LogP contribution in [0, 0.1) is 5.82 Å². The predicted molar refractivity (Wildman–Crippen MR) is 122 cm³/mol. The number of imide groups is 1. The first kappa shape index (κ1) is 21.3. The number of amides is 3. The van der Waals surface area contributed by atoms with Crippen LogP contribution < -0.4 is 5.32 Å². The minimum absolute atomic E-state index is 0.0950. The molecule has 0 saturated carbocycles. The second kappa shape index (κ2) is 8.12. The van der Waals surface area contributed by atoms with Crippen molar-refractivity contribution in [3.8, 4) is 11.1 Å². The molecule has 3 aromatic carbocycles. The number of hydrogen-bond donors (Lipinski definition) is 1. The van der Waals surface area contributed by atoms with Gasteiger partial charge in [-0.05, 0) is 52.9 Å². The van der Waals surface area contributed by atoms with Crippen molar-refractivity contribution >= 4 is 29.3 Å². The van der Waals surface area contributed by atoms with Crippen LogP contribution in [0.3, 0.4) is 0 Å². The van der Waals surface area contributed by atoms with Crippen LogP contribution in [0.15, 0.2) is 66.7 Å². The zero-order valence-corrected chi connectivity index (χ0v) is 18.4. The lowest BCUT2D eigenvalue weighted by atomic mass is 9.73. The highest BCUT2D eigenvalue weighted by Gasteiger charge is 2.47. The molecule has 1 N–H and O–H groups in total. The van der Waals surface area contributed by atoms with E-state index in [2.05, 4.69) is 5.32 Å². The van der Waals surface area contributed by atoms with Crippen molar-refractivity contribution in [2.45, 2.75) is 24.8 Å². The van der Waals surface area contributed by atoms with Crippen molar-refractivity contribution < 1.29 is 18.8 Å². The van der Waals surface area contributed by atoms with Gasteiger partial charge in [-0.1, -0.05) is 54.1 Å². The van der Waals surface area contributed by atoms with Crippen molar-refractivity contribution in [2.75, 3.05) is 6.54 Å². The molecule has 166 valence electrons. The number of piperidine rings is 1. The van der Waals surface area contributed by atoms with Gasteiger partial charge in [0.15, 0.2) is 0 Å². The van der Waals surface area contributed by atoms with E-state index in [-0.39, 0.29) is 37.7 Å². The van der Waals surface area contributed by atoms with E-state index in [1.807, 2.05) is 42.5 Å². The third-order valence-corrected chi connectivity index (χ3v) is 6.71. The van der Waals surface area contributed by atoms with Gasteiger partial charge in [-0.2, -0.15) is 0 Å². The number of halogens is 2. The first-order valence-corrected chi connectivity index (χ1v) is 11.0. The Balaban J connectivity index is 1.50. The van der Waals surface area contributed by atoms with Crippen LogP contribution in [-0.2, 0) is 21.5 Å². The van der Waals surface area contributed by atoms with Gasteiger partial charge in [0.05, 0.1) is 5.41 Å². The molecule has 0 aromatic heterocycles. The summed E-state index contributed by atoms with van der Waals surface area (Å²) in [5.74, 6) is -1.55. The number of rotatable bonds is 4. The molecular formula is C26H20ClFN2O3. The normalized spacial score (nSPS) is 20.1. The number of carbonyl (C=O) groups is 3. The van der Waals surface area contributed by atoms with Crippen LogP contribution >= 0.6 is 11.6 Å². The summed E-state index contributed by atoms with van der Waals surface area (Å²) in [5, 5.41) is 3.07. The van der Waals surface area contributed by atoms with Crippen LogP contribution in [0.5, 0.6) is 0 Å². The van der Waals surface area contributed by atoms with Crippen LogP contribution in [-0.4, -0.2) is 29.2 Å². The summed E-state index contributed by atoms with van der Waals surface area (Å²) in [6.45, 7) is 0.385. The van der Waals surface area contributed by atoms with Crippen LogP contribution in [0.1, 0.15) is 34.3 Å². The lowest BCUT2D eigenvalue weighted by Gasteiger charge is -2.38. The molecular weight excluding hydrogens is 443 g/mol. The Kier molecular flexibility index (Phi) is 5.25. The van der Waals surface area contributed by atoms with Crippen molar-refractivity contribution in [1.82, 2.24) is 10.2 Å². The minimum Gasteiger partial charge on any atom is -0.333 e. The van der Waals surface area contributed by atoms with E-state index in [1.54, 1.807) is 17.0 Å². The Morgan fingerprint density at radius 1 is 0.970 bits per heavy atom. The molecule has 0 bridgehead atoms.